The maximum Gasteiger partial charge on any atom is 0.253 e. The number of aromatic nitrogens is 3. The molecular formula is C23H19ClN4O2. The summed E-state index contributed by atoms with van der Waals surface area (Å²) in [6.07, 6.45) is 2.61. The Hall–Kier alpha value is -3.38. The van der Waals surface area contributed by atoms with Crippen molar-refractivity contribution in [2.45, 2.75) is 19.4 Å². The lowest BCUT2D eigenvalue weighted by atomic mass is 10.1. The largest absolute Gasteiger partial charge is 0.492 e. The van der Waals surface area contributed by atoms with E-state index in [0.29, 0.717) is 28.7 Å². The fraction of sp³-hybridized carbons (Fsp3) is 0.174. The highest BCUT2D eigenvalue weighted by atomic mass is 35.5. The van der Waals surface area contributed by atoms with Crippen molar-refractivity contribution in [3.05, 3.63) is 81.2 Å². The molecule has 0 fully saturated rings. The number of aromatic amines is 1. The van der Waals surface area contributed by atoms with Crippen LogP contribution in [0.4, 0.5) is 5.95 Å². The van der Waals surface area contributed by atoms with E-state index in [1.807, 2.05) is 43.3 Å². The van der Waals surface area contributed by atoms with Crippen LogP contribution in [-0.4, -0.2) is 21.6 Å². The van der Waals surface area contributed by atoms with E-state index in [9.17, 15) is 4.79 Å². The van der Waals surface area contributed by atoms with E-state index in [4.69, 9.17) is 16.3 Å². The molecule has 0 unspecified atom stereocenters. The second-order valence-corrected chi connectivity index (χ2v) is 7.69. The first kappa shape index (κ1) is 18.6. The maximum atomic E-state index is 12.6. The number of halogens is 1. The van der Waals surface area contributed by atoms with Gasteiger partial charge < -0.3 is 15.0 Å². The van der Waals surface area contributed by atoms with Crippen LogP contribution in [-0.2, 0) is 6.42 Å². The van der Waals surface area contributed by atoms with Gasteiger partial charge in [0.2, 0.25) is 5.95 Å². The normalized spacial score (nSPS) is 13.7. The van der Waals surface area contributed by atoms with E-state index < -0.39 is 0 Å². The van der Waals surface area contributed by atoms with Gasteiger partial charge in [-0.2, -0.15) is 0 Å². The quantitative estimate of drug-likeness (QED) is 0.500. The first-order valence-electron chi connectivity index (χ1n) is 9.76. The fourth-order valence-electron chi connectivity index (χ4n) is 3.80. The van der Waals surface area contributed by atoms with Crippen LogP contribution in [0.2, 0.25) is 5.02 Å². The molecule has 2 aromatic carbocycles. The van der Waals surface area contributed by atoms with Gasteiger partial charge in [0.25, 0.3) is 5.56 Å². The summed E-state index contributed by atoms with van der Waals surface area (Å²) in [4.78, 5) is 24.5. The maximum absolute atomic E-state index is 12.6. The number of ether oxygens (including phenoxy) is 1. The van der Waals surface area contributed by atoms with Gasteiger partial charge in [0.15, 0.2) is 0 Å². The van der Waals surface area contributed by atoms with Crippen molar-refractivity contribution in [3.63, 3.8) is 0 Å². The lowest BCUT2D eigenvalue weighted by Crippen LogP contribution is -2.20. The Morgan fingerprint density at radius 3 is 2.97 bits per heavy atom. The molecule has 150 valence electrons. The van der Waals surface area contributed by atoms with Crippen LogP contribution in [0.15, 0.2) is 59.5 Å². The molecule has 0 aliphatic carbocycles. The molecule has 0 saturated heterocycles. The van der Waals surface area contributed by atoms with Crippen LogP contribution in [0.1, 0.15) is 24.1 Å². The summed E-state index contributed by atoms with van der Waals surface area (Å²) in [6, 6.07) is 15.0. The molecule has 1 aliphatic heterocycles. The Morgan fingerprint density at radius 2 is 2.07 bits per heavy atom. The molecule has 1 aliphatic rings. The highest BCUT2D eigenvalue weighted by Crippen LogP contribution is 2.36. The van der Waals surface area contributed by atoms with Gasteiger partial charge in [0.1, 0.15) is 5.75 Å². The van der Waals surface area contributed by atoms with Crippen LogP contribution in [0.25, 0.3) is 22.2 Å². The third kappa shape index (κ3) is 3.29. The van der Waals surface area contributed by atoms with Gasteiger partial charge in [-0.1, -0.05) is 35.9 Å². The van der Waals surface area contributed by atoms with Crippen molar-refractivity contribution in [1.29, 1.82) is 0 Å². The minimum absolute atomic E-state index is 0.193. The van der Waals surface area contributed by atoms with Gasteiger partial charge in [-0.15, -0.1) is 0 Å². The molecule has 0 bridgehead atoms. The van der Waals surface area contributed by atoms with E-state index >= 15 is 0 Å². The van der Waals surface area contributed by atoms with Gasteiger partial charge >= 0.3 is 0 Å². The molecule has 2 aromatic heterocycles. The number of anilines is 1. The molecule has 2 N–H and O–H groups in total. The third-order valence-corrected chi connectivity index (χ3v) is 5.63. The summed E-state index contributed by atoms with van der Waals surface area (Å²) in [5.74, 6) is 1.33. The fourth-order valence-corrected chi connectivity index (χ4v) is 4.03. The summed E-state index contributed by atoms with van der Waals surface area (Å²) < 4.78 is 5.80. The van der Waals surface area contributed by atoms with Crippen molar-refractivity contribution in [2.24, 2.45) is 0 Å². The van der Waals surface area contributed by atoms with Crippen LogP contribution in [0, 0.1) is 0 Å². The number of hydrogen-bond donors (Lipinski definition) is 2. The smallest absolute Gasteiger partial charge is 0.253 e. The first-order valence-corrected chi connectivity index (χ1v) is 10.1. The molecule has 0 radical (unpaired) electrons. The minimum atomic E-state index is -0.301. The summed E-state index contributed by atoms with van der Waals surface area (Å²) in [6.45, 7) is 2.59. The predicted molar refractivity (Wildman–Crippen MR) is 118 cm³/mol. The summed E-state index contributed by atoms with van der Waals surface area (Å²) in [5, 5.41) is 4.63. The van der Waals surface area contributed by atoms with E-state index in [2.05, 4.69) is 26.3 Å². The molecule has 7 heteroatoms. The van der Waals surface area contributed by atoms with Crippen LogP contribution < -0.4 is 15.6 Å². The van der Waals surface area contributed by atoms with Crippen molar-refractivity contribution in [1.82, 2.24) is 15.0 Å². The Labute approximate surface area is 177 Å². The molecule has 30 heavy (non-hydrogen) atoms. The predicted octanol–water partition coefficient (Wildman–Crippen LogP) is 4.75. The van der Waals surface area contributed by atoms with Gasteiger partial charge in [-0.25, -0.2) is 9.97 Å². The molecular weight excluding hydrogens is 400 g/mol. The Bertz CT molecular complexity index is 1320. The van der Waals surface area contributed by atoms with Crippen molar-refractivity contribution < 1.29 is 4.74 Å². The molecule has 6 nitrogen and oxygen atoms in total. The van der Waals surface area contributed by atoms with E-state index in [0.717, 1.165) is 28.8 Å². The Balaban J connectivity index is 1.47. The van der Waals surface area contributed by atoms with Crippen LogP contribution in [0.3, 0.4) is 0 Å². The van der Waals surface area contributed by atoms with Crippen molar-refractivity contribution >= 4 is 28.5 Å². The number of H-pyrrole nitrogens is 1. The number of para-hydroxylation sites is 2. The summed E-state index contributed by atoms with van der Waals surface area (Å²) >= 11 is 6.19. The van der Waals surface area contributed by atoms with Crippen LogP contribution >= 0.6 is 11.6 Å². The van der Waals surface area contributed by atoms with Gasteiger partial charge in [-0.05, 0) is 36.8 Å². The number of hydrogen-bond acceptors (Lipinski definition) is 5. The number of pyridine rings is 1. The third-order valence-electron chi connectivity index (χ3n) is 5.32. The molecule has 5 rings (SSSR count). The van der Waals surface area contributed by atoms with E-state index in [-0.39, 0.29) is 11.6 Å². The first-order chi connectivity index (χ1) is 14.6. The summed E-state index contributed by atoms with van der Waals surface area (Å²) in [5.41, 5.74) is 3.94. The molecule has 3 heterocycles. The zero-order valence-corrected chi connectivity index (χ0v) is 17.0. The van der Waals surface area contributed by atoms with E-state index in [1.54, 1.807) is 12.3 Å². The monoisotopic (exact) mass is 418 g/mol. The molecule has 0 spiro atoms. The zero-order chi connectivity index (χ0) is 20.7. The molecule has 0 saturated carbocycles. The molecule has 1 atom stereocenters. The SMILES string of the molecule is C[C@H](Nc1nccc(-c2cccc3c2OCC3)n1)c1cc2cccc(Cl)c2[nH]c1=O. The molecule has 4 aromatic rings. The number of nitrogens with one attached hydrogen (secondary N) is 2. The van der Waals surface area contributed by atoms with Gasteiger partial charge in [-0.3, -0.25) is 4.79 Å². The number of nitrogens with zero attached hydrogens (tertiary/aromatic N) is 2. The average molecular weight is 419 g/mol. The minimum Gasteiger partial charge on any atom is -0.492 e. The Kier molecular flexibility index (Phi) is 4.64. The second-order valence-electron chi connectivity index (χ2n) is 7.28. The highest BCUT2D eigenvalue weighted by Gasteiger charge is 2.19. The number of fused-ring (bicyclic) bond motifs is 2. The summed E-state index contributed by atoms with van der Waals surface area (Å²) in [7, 11) is 0. The van der Waals surface area contributed by atoms with E-state index in [1.165, 1.54) is 5.56 Å². The second kappa shape index (κ2) is 7.46. The van der Waals surface area contributed by atoms with Crippen molar-refractivity contribution in [3.8, 4) is 17.0 Å². The highest BCUT2D eigenvalue weighted by molar-refractivity contribution is 6.35. The lowest BCUT2D eigenvalue weighted by Gasteiger charge is -2.15. The van der Waals surface area contributed by atoms with Gasteiger partial charge in [0, 0.05) is 29.1 Å². The average Bonchev–Trinajstić information content (AvgIpc) is 3.23. The van der Waals surface area contributed by atoms with Crippen molar-refractivity contribution in [2.75, 3.05) is 11.9 Å². The lowest BCUT2D eigenvalue weighted by molar-refractivity contribution is 0.358. The number of benzene rings is 2. The zero-order valence-electron chi connectivity index (χ0n) is 16.3. The van der Waals surface area contributed by atoms with Gasteiger partial charge in [0.05, 0.1) is 28.9 Å². The Morgan fingerprint density at radius 1 is 1.20 bits per heavy atom. The molecule has 0 amide bonds. The topological polar surface area (TPSA) is 79.9 Å². The van der Waals surface area contributed by atoms with Crippen LogP contribution in [0.5, 0.6) is 5.75 Å². The standard InChI is InChI=1S/C23H19ClN4O2/c1-13(17-12-15-5-3-7-18(24)20(15)28-22(17)29)26-23-25-10-8-19(27-23)16-6-2-4-14-9-11-30-21(14)16/h2-8,10,12-13H,9,11H2,1H3,(H,28,29)(H,25,26,27)/t13-/m0/s1. The number of rotatable bonds is 4.